The van der Waals surface area contributed by atoms with Crippen LogP contribution in [0.3, 0.4) is 0 Å². The fourth-order valence-corrected chi connectivity index (χ4v) is 2.00. The first-order chi connectivity index (χ1) is 9.45. The van der Waals surface area contributed by atoms with E-state index in [-0.39, 0.29) is 5.97 Å². The zero-order valence-corrected chi connectivity index (χ0v) is 13.3. The Balaban J connectivity index is 2.61. The number of aryl methyl sites for hydroxylation is 1. The highest BCUT2D eigenvalue weighted by Gasteiger charge is 2.17. The molecule has 0 saturated carbocycles. The number of carbonyl (C=O) groups is 1. The van der Waals surface area contributed by atoms with E-state index in [1.54, 1.807) is 6.92 Å². The van der Waals surface area contributed by atoms with Crippen molar-refractivity contribution in [3.63, 3.8) is 0 Å². The minimum absolute atomic E-state index is 0.270. The lowest BCUT2D eigenvalue weighted by Crippen LogP contribution is -2.31. The summed E-state index contributed by atoms with van der Waals surface area (Å²) < 4.78 is 5.21. The highest BCUT2D eigenvalue weighted by molar-refractivity contribution is 6.33. The smallest absolute Gasteiger partial charge is 0.328 e. The monoisotopic (exact) mass is 298 g/mol. The van der Waals surface area contributed by atoms with Crippen molar-refractivity contribution in [3.05, 3.63) is 28.8 Å². The van der Waals surface area contributed by atoms with E-state index in [1.165, 1.54) is 0 Å². The quantitative estimate of drug-likeness (QED) is 0.786. The van der Waals surface area contributed by atoms with Crippen LogP contribution in [0.15, 0.2) is 18.2 Å². The van der Waals surface area contributed by atoms with Gasteiger partial charge in [0.05, 0.1) is 10.7 Å². The molecule has 0 heterocycles. The zero-order valence-electron chi connectivity index (χ0n) is 12.6. The molecule has 0 aliphatic heterocycles. The largest absolute Gasteiger partial charge is 0.463 e. The number of nitrogens with zero attached hydrogens (tertiary/aromatic N) is 1. The summed E-state index contributed by atoms with van der Waals surface area (Å²) in [6.45, 7) is 4.93. The predicted molar refractivity (Wildman–Crippen MR) is 83.4 cm³/mol. The Labute approximate surface area is 126 Å². The number of benzene rings is 1. The van der Waals surface area contributed by atoms with E-state index < -0.39 is 6.04 Å². The van der Waals surface area contributed by atoms with E-state index in [2.05, 4.69) is 12.2 Å². The Morgan fingerprint density at radius 2 is 2.15 bits per heavy atom. The van der Waals surface area contributed by atoms with Gasteiger partial charge in [-0.1, -0.05) is 30.7 Å². The molecule has 0 aromatic heterocycles. The third-order valence-electron chi connectivity index (χ3n) is 2.98. The van der Waals surface area contributed by atoms with Crippen molar-refractivity contribution < 1.29 is 9.53 Å². The number of esters is 1. The second kappa shape index (κ2) is 8.12. The average Bonchev–Trinajstić information content (AvgIpc) is 2.40. The lowest BCUT2D eigenvalue weighted by molar-refractivity contribution is -0.144. The van der Waals surface area contributed by atoms with E-state index in [1.807, 2.05) is 37.2 Å². The van der Waals surface area contributed by atoms with Gasteiger partial charge in [0.2, 0.25) is 0 Å². The molecular formula is C15H23ClN2O2. The molecule has 0 spiro atoms. The number of anilines is 1. The molecule has 5 heteroatoms. The lowest BCUT2D eigenvalue weighted by atomic mass is 10.1. The molecule has 0 fully saturated rings. The van der Waals surface area contributed by atoms with Crippen molar-refractivity contribution in [1.29, 1.82) is 0 Å². The zero-order chi connectivity index (χ0) is 15.1. The maximum absolute atomic E-state index is 11.9. The Morgan fingerprint density at radius 1 is 1.45 bits per heavy atom. The van der Waals surface area contributed by atoms with Crippen LogP contribution in [0.25, 0.3) is 0 Å². The molecule has 0 bridgehead atoms. The van der Waals surface area contributed by atoms with Gasteiger partial charge in [-0.15, -0.1) is 0 Å². The molecule has 1 N–H and O–H groups in total. The molecule has 1 unspecified atom stereocenters. The van der Waals surface area contributed by atoms with Crippen LogP contribution in [0.4, 0.5) is 5.69 Å². The summed E-state index contributed by atoms with van der Waals surface area (Å²) in [4.78, 5) is 13.9. The van der Waals surface area contributed by atoms with Crippen LogP contribution in [-0.2, 0) is 16.0 Å². The van der Waals surface area contributed by atoms with Gasteiger partial charge in [-0.3, -0.25) is 0 Å². The fraction of sp³-hybridized carbons (Fsp3) is 0.533. The number of nitrogens with one attached hydrogen (secondary N) is 1. The van der Waals surface area contributed by atoms with Crippen molar-refractivity contribution >= 4 is 23.3 Å². The number of para-hydroxylation sites is 1. The minimum Gasteiger partial charge on any atom is -0.463 e. The number of carbonyl (C=O) groups excluding carboxylic acids is 1. The summed E-state index contributed by atoms with van der Waals surface area (Å²) in [6.07, 6.45) is 0.852. The molecule has 0 aliphatic carbocycles. The maximum Gasteiger partial charge on any atom is 0.328 e. The highest BCUT2D eigenvalue weighted by atomic mass is 35.5. The molecule has 112 valence electrons. The van der Waals surface area contributed by atoms with Crippen LogP contribution in [0.2, 0.25) is 5.02 Å². The lowest BCUT2D eigenvalue weighted by Gasteiger charge is -2.18. The summed E-state index contributed by atoms with van der Waals surface area (Å²) in [5.41, 5.74) is 1.90. The molecule has 4 nitrogen and oxygen atoms in total. The van der Waals surface area contributed by atoms with Gasteiger partial charge in [-0.25, -0.2) is 4.79 Å². The molecule has 1 rings (SSSR count). The summed E-state index contributed by atoms with van der Waals surface area (Å²) in [5, 5.41) is 3.77. The van der Waals surface area contributed by atoms with E-state index in [0.29, 0.717) is 18.2 Å². The Morgan fingerprint density at radius 3 is 2.75 bits per heavy atom. The third kappa shape index (κ3) is 5.02. The molecule has 0 amide bonds. The number of hydrogen-bond donors (Lipinski definition) is 1. The minimum atomic E-state index is -0.428. The van der Waals surface area contributed by atoms with Crippen LogP contribution < -0.4 is 5.32 Å². The van der Waals surface area contributed by atoms with Gasteiger partial charge in [-0.05, 0) is 39.1 Å². The van der Waals surface area contributed by atoms with Gasteiger partial charge >= 0.3 is 5.97 Å². The Bertz CT molecular complexity index is 449. The number of hydrogen-bond acceptors (Lipinski definition) is 4. The van der Waals surface area contributed by atoms with Gasteiger partial charge in [0.1, 0.15) is 12.6 Å². The van der Waals surface area contributed by atoms with Crippen molar-refractivity contribution in [3.8, 4) is 0 Å². The molecule has 0 aliphatic rings. The second-order valence-electron chi connectivity index (χ2n) is 4.96. The van der Waals surface area contributed by atoms with E-state index in [9.17, 15) is 4.79 Å². The van der Waals surface area contributed by atoms with Crippen LogP contribution in [0.5, 0.6) is 0 Å². The van der Waals surface area contributed by atoms with Crippen molar-refractivity contribution in [2.24, 2.45) is 0 Å². The number of likely N-dealkylation sites (N-methyl/N-ethyl adjacent to an activating group) is 1. The Kier molecular flexibility index (Phi) is 6.82. The summed E-state index contributed by atoms with van der Waals surface area (Å²) in [7, 11) is 3.87. The predicted octanol–water partition coefficient (Wildman–Crippen LogP) is 2.81. The first-order valence-electron chi connectivity index (χ1n) is 6.81. The average molecular weight is 299 g/mol. The summed E-state index contributed by atoms with van der Waals surface area (Å²) in [5.74, 6) is -0.270. The van der Waals surface area contributed by atoms with Gasteiger partial charge in [0.25, 0.3) is 0 Å². The SMILES string of the molecule is CCc1cccc(Cl)c1NC(C)C(=O)OCCN(C)C. The first-order valence-corrected chi connectivity index (χ1v) is 7.18. The summed E-state index contributed by atoms with van der Waals surface area (Å²) >= 11 is 6.18. The normalized spacial score (nSPS) is 12.3. The molecular weight excluding hydrogens is 276 g/mol. The highest BCUT2D eigenvalue weighted by Crippen LogP contribution is 2.27. The van der Waals surface area contributed by atoms with E-state index in [0.717, 1.165) is 17.7 Å². The van der Waals surface area contributed by atoms with Crippen molar-refractivity contribution in [2.75, 3.05) is 32.6 Å². The molecule has 20 heavy (non-hydrogen) atoms. The van der Waals surface area contributed by atoms with Gasteiger partial charge in [0.15, 0.2) is 0 Å². The molecule has 1 aromatic carbocycles. The number of rotatable bonds is 7. The van der Waals surface area contributed by atoms with Crippen LogP contribution in [0, 0.1) is 0 Å². The van der Waals surface area contributed by atoms with Gasteiger partial charge < -0.3 is 15.0 Å². The number of ether oxygens (including phenoxy) is 1. The van der Waals surface area contributed by atoms with E-state index >= 15 is 0 Å². The summed E-state index contributed by atoms with van der Waals surface area (Å²) in [6, 6.07) is 5.29. The molecule has 0 saturated heterocycles. The van der Waals surface area contributed by atoms with Crippen LogP contribution >= 0.6 is 11.6 Å². The number of halogens is 1. The van der Waals surface area contributed by atoms with Gasteiger partial charge in [0, 0.05) is 6.54 Å². The maximum atomic E-state index is 11.9. The molecule has 1 aromatic rings. The van der Waals surface area contributed by atoms with E-state index in [4.69, 9.17) is 16.3 Å². The van der Waals surface area contributed by atoms with Crippen molar-refractivity contribution in [1.82, 2.24) is 4.90 Å². The third-order valence-corrected chi connectivity index (χ3v) is 3.29. The fourth-order valence-electron chi connectivity index (χ4n) is 1.75. The van der Waals surface area contributed by atoms with Crippen LogP contribution in [0.1, 0.15) is 19.4 Å². The standard InChI is InChI=1S/C15H23ClN2O2/c1-5-12-7-6-8-13(16)14(12)17-11(2)15(19)20-10-9-18(3)4/h6-8,11,17H,5,9-10H2,1-4H3. The second-order valence-corrected chi connectivity index (χ2v) is 5.37. The molecule has 1 atom stereocenters. The molecule has 0 radical (unpaired) electrons. The van der Waals surface area contributed by atoms with Crippen LogP contribution in [-0.4, -0.2) is 44.2 Å². The first kappa shape index (κ1) is 16.8. The Hall–Kier alpha value is -1.26. The topological polar surface area (TPSA) is 41.6 Å². The van der Waals surface area contributed by atoms with Gasteiger partial charge in [-0.2, -0.15) is 0 Å². The van der Waals surface area contributed by atoms with Crippen molar-refractivity contribution in [2.45, 2.75) is 26.3 Å².